The summed E-state index contributed by atoms with van der Waals surface area (Å²) in [6.07, 6.45) is 0. The number of Topliss-reactive ketones (excluding diaryl/α,β-unsaturated/α-hetero) is 1. The second-order valence-corrected chi connectivity index (χ2v) is 11.7. The third kappa shape index (κ3) is 6.67. The van der Waals surface area contributed by atoms with Crippen LogP contribution in [0.4, 0.5) is 5.69 Å². The van der Waals surface area contributed by atoms with Gasteiger partial charge < -0.3 is 19.0 Å². The molecule has 0 N–H and O–H groups in total. The highest BCUT2D eigenvalue weighted by Crippen LogP contribution is 2.34. The van der Waals surface area contributed by atoms with Crippen molar-refractivity contribution in [2.45, 2.75) is 34.2 Å². The lowest BCUT2D eigenvalue weighted by Gasteiger charge is -2.30. The Morgan fingerprint density at radius 2 is 1.47 bits per heavy atom. The fourth-order valence-corrected chi connectivity index (χ4v) is 6.41. The molecule has 11 nitrogen and oxygen atoms in total. The number of ether oxygens (including phenoxy) is 1. The third-order valence-corrected chi connectivity index (χ3v) is 8.68. The number of benzene rings is 4. The van der Waals surface area contributed by atoms with Crippen molar-refractivity contribution in [2.75, 3.05) is 44.4 Å². The number of carbonyl (C=O) groups excluding carboxylic acids is 4. The number of oxime groups is 1. The van der Waals surface area contributed by atoms with Gasteiger partial charge in [-0.3, -0.25) is 19.2 Å². The molecule has 0 saturated carbocycles. The number of hydroxylamine groups is 2. The lowest BCUT2D eigenvalue weighted by Crippen LogP contribution is -2.37. The summed E-state index contributed by atoms with van der Waals surface area (Å²) >= 11 is 0. The van der Waals surface area contributed by atoms with Gasteiger partial charge >= 0.3 is 5.97 Å². The molecule has 1 aliphatic rings. The van der Waals surface area contributed by atoms with E-state index in [0.717, 1.165) is 56.4 Å². The first-order chi connectivity index (χ1) is 23.7. The average Bonchev–Trinajstić information content (AvgIpc) is 3.44. The number of amides is 1. The van der Waals surface area contributed by atoms with Crippen LogP contribution in [0.3, 0.4) is 0 Å². The van der Waals surface area contributed by atoms with Gasteiger partial charge in [0.1, 0.15) is 0 Å². The number of hydrogen-bond donors (Lipinski definition) is 0. The van der Waals surface area contributed by atoms with Crippen LogP contribution in [0.25, 0.3) is 32.6 Å². The molecule has 0 aliphatic carbocycles. The quantitative estimate of drug-likeness (QED) is 0.0738. The first-order valence-electron chi connectivity index (χ1n) is 16.4. The van der Waals surface area contributed by atoms with Gasteiger partial charge in [0.2, 0.25) is 11.7 Å². The fourth-order valence-electron chi connectivity index (χ4n) is 6.41. The molecule has 49 heavy (non-hydrogen) atoms. The van der Waals surface area contributed by atoms with E-state index < -0.39 is 17.7 Å². The first-order valence-corrected chi connectivity index (χ1v) is 16.4. The van der Waals surface area contributed by atoms with E-state index in [4.69, 9.17) is 14.4 Å². The summed E-state index contributed by atoms with van der Waals surface area (Å²) in [6, 6.07) is 22.8. The van der Waals surface area contributed by atoms with Crippen LogP contribution in [0.5, 0.6) is 0 Å². The molecule has 252 valence electrons. The number of aryl methyl sites for hydroxylation is 1. The maximum atomic E-state index is 14.2. The molecular weight excluding hydrogens is 624 g/mol. The number of carbonyl (C=O) groups is 4. The number of aromatic nitrogens is 1. The molecular formula is C38H38N4O7. The molecule has 0 unspecified atom stereocenters. The first kappa shape index (κ1) is 33.5. The van der Waals surface area contributed by atoms with E-state index >= 15 is 0 Å². The second-order valence-electron chi connectivity index (χ2n) is 11.7. The number of nitrogens with zero attached hydrogens (tertiary/aromatic N) is 4. The summed E-state index contributed by atoms with van der Waals surface area (Å²) < 4.78 is 7.68. The van der Waals surface area contributed by atoms with E-state index in [-0.39, 0.29) is 30.2 Å². The second kappa shape index (κ2) is 14.4. The van der Waals surface area contributed by atoms with Gasteiger partial charge in [0.25, 0.3) is 0 Å². The van der Waals surface area contributed by atoms with Gasteiger partial charge in [-0.1, -0.05) is 29.4 Å². The van der Waals surface area contributed by atoms with Crippen molar-refractivity contribution < 1.29 is 33.6 Å². The van der Waals surface area contributed by atoms with Crippen molar-refractivity contribution in [1.82, 2.24) is 9.63 Å². The summed E-state index contributed by atoms with van der Waals surface area (Å²) in [6.45, 7) is 9.65. The zero-order valence-electron chi connectivity index (χ0n) is 28.0. The molecule has 1 aromatic heterocycles. The Kier molecular flexibility index (Phi) is 9.84. The van der Waals surface area contributed by atoms with Crippen LogP contribution < -0.4 is 4.90 Å². The van der Waals surface area contributed by atoms with Gasteiger partial charge in [-0.15, -0.1) is 0 Å². The Balaban J connectivity index is 1.41. The summed E-state index contributed by atoms with van der Waals surface area (Å²) in [5.74, 6) is -1.79. The lowest BCUT2D eigenvalue weighted by molar-refractivity contribution is -0.177. The van der Waals surface area contributed by atoms with Gasteiger partial charge in [0.15, 0.2) is 11.5 Å². The van der Waals surface area contributed by atoms with E-state index in [1.54, 1.807) is 19.1 Å². The molecule has 1 amide bonds. The molecule has 1 fully saturated rings. The molecule has 1 aliphatic heterocycles. The van der Waals surface area contributed by atoms with Gasteiger partial charge in [0.05, 0.1) is 26.4 Å². The summed E-state index contributed by atoms with van der Waals surface area (Å²) in [4.78, 5) is 64.3. The van der Waals surface area contributed by atoms with E-state index in [1.807, 2.05) is 61.5 Å². The highest BCUT2D eigenvalue weighted by Gasteiger charge is 2.24. The predicted octanol–water partition coefficient (Wildman–Crippen LogP) is 5.94. The SMILES string of the molecule is CCON(C/C(=N\OC(C)=O)C(=O)c1ccc2c(c1)c1cc(C(=O)c3ccc(N4CCOCC4)c4ccccc34)ccc1n2CC)C(C)=O. The van der Waals surface area contributed by atoms with E-state index in [0.29, 0.717) is 30.9 Å². The minimum absolute atomic E-state index is 0.104. The molecule has 0 atom stereocenters. The molecule has 6 rings (SSSR count). The molecule has 0 radical (unpaired) electrons. The number of ketones is 2. The van der Waals surface area contributed by atoms with Crippen LogP contribution in [-0.4, -0.2) is 78.2 Å². The third-order valence-electron chi connectivity index (χ3n) is 8.68. The van der Waals surface area contributed by atoms with Crippen molar-refractivity contribution in [3.05, 3.63) is 89.5 Å². The Hall–Kier alpha value is -5.39. The minimum atomic E-state index is -0.710. The number of rotatable bonds is 11. The highest BCUT2D eigenvalue weighted by atomic mass is 16.7. The smallest absolute Gasteiger partial charge is 0.331 e. The maximum Gasteiger partial charge on any atom is 0.331 e. The van der Waals surface area contributed by atoms with Gasteiger partial charge in [-0.05, 0) is 67.8 Å². The van der Waals surface area contributed by atoms with Crippen LogP contribution in [-0.2, 0) is 30.5 Å². The molecule has 11 heteroatoms. The number of anilines is 1. The Bertz CT molecular complexity index is 2130. The molecule has 5 aromatic rings. The minimum Gasteiger partial charge on any atom is -0.378 e. The monoisotopic (exact) mass is 662 g/mol. The lowest BCUT2D eigenvalue weighted by atomic mass is 9.95. The number of morpholine rings is 1. The summed E-state index contributed by atoms with van der Waals surface area (Å²) in [5.41, 5.74) is 4.11. The maximum absolute atomic E-state index is 14.2. The van der Waals surface area contributed by atoms with Gasteiger partial charge in [0, 0.05) is 83.1 Å². The Labute approximate surface area is 283 Å². The van der Waals surface area contributed by atoms with E-state index in [9.17, 15) is 19.2 Å². The number of hydrogen-bond acceptors (Lipinski definition) is 9. The topological polar surface area (TPSA) is 120 Å². The summed E-state index contributed by atoms with van der Waals surface area (Å²) in [7, 11) is 0. The van der Waals surface area contributed by atoms with Crippen molar-refractivity contribution >= 4 is 67.4 Å². The fraction of sp³-hybridized carbons (Fsp3) is 0.289. The summed E-state index contributed by atoms with van der Waals surface area (Å²) in [5, 5.41) is 8.26. The largest absolute Gasteiger partial charge is 0.378 e. The Morgan fingerprint density at radius 1 is 0.816 bits per heavy atom. The van der Waals surface area contributed by atoms with Crippen molar-refractivity contribution in [2.24, 2.45) is 5.16 Å². The van der Waals surface area contributed by atoms with Crippen LogP contribution in [0.15, 0.2) is 78.0 Å². The molecule has 2 heterocycles. The van der Waals surface area contributed by atoms with E-state index in [1.165, 1.54) is 13.8 Å². The van der Waals surface area contributed by atoms with Crippen LogP contribution in [0.1, 0.15) is 54.0 Å². The van der Waals surface area contributed by atoms with Crippen molar-refractivity contribution in [3.63, 3.8) is 0 Å². The van der Waals surface area contributed by atoms with E-state index in [2.05, 4.69) is 20.7 Å². The zero-order valence-corrected chi connectivity index (χ0v) is 28.0. The van der Waals surface area contributed by atoms with Crippen LogP contribution in [0, 0.1) is 0 Å². The molecule has 1 saturated heterocycles. The van der Waals surface area contributed by atoms with Crippen LogP contribution in [0.2, 0.25) is 0 Å². The van der Waals surface area contributed by atoms with Gasteiger partial charge in [-0.2, -0.15) is 0 Å². The standard InChI is InChI=1S/C38H38N4O7/c1-5-41-35-14-11-26(37(45)30-13-16-34(40-17-19-47-20-18-40)29-10-8-7-9-28(29)30)21-31(35)32-22-27(12-15-36(32)41)38(46)33(39-49-25(4)44)23-42(24(3)43)48-6-2/h7-16,21-22H,5-6,17-20,23H2,1-4H3/b39-33+. The van der Waals surface area contributed by atoms with Crippen molar-refractivity contribution in [1.29, 1.82) is 0 Å². The molecule has 4 aromatic carbocycles. The van der Waals surface area contributed by atoms with Crippen molar-refractivity contribution in [3.8, 4) is 0 Å². The van der Waals surface area contributed by atoms with Gasteiger partial charge in [-0.25, -0.2) is 9.86 Å². The Morgan fingerprint density at radius 3 is 2.10 bits per heavy atom. The average molecular weight is 663 g/mol. The highest BCUT2D eigenvalue weighted by molar-refractivity contribution is 6.47. The molecule has 0 bridgehead atoms. The predicted molar refractivity (Wildman–Crippen MR) is 188 cm³/mol. The van der Waals surface area contributed by atoms with Crippen LogP contribution >= 0.6 is 0 Å². The zero-order chi connectivity index (χ0) is 34.7. The molecule has 0 spiro atoms. The normalized spacial score (nSPS) is 13.6. The number of fused-ring (bicyclic) bond motifs is 4.